The Balaban J connectivity index is 1.80. The van der Waals surface area contributed by atoms with Gasteiger partial charge in [0.1, 0.15) is 30.2 Å². The first-order valence-corrected chi connectivity index (χ1v) is 14.3. The Kier molecular flexibility index (Phi) is 9.86. The van der Waals surface area contributed by atoms with Crippen LogP contribution in [0.3, 0.4) is 0 Å². The van der Waals surface area contributed by atoms with Crippen molar-refractivity contribution in [1.29, 1.82) is 0 Å². The summed E-state index contributed by atoms with van der Waals surface area (Å²) in [5.74, 6) is 0.303. The van der Waals surface area contributed by atoms with Gasteiger partial charge in [0.2, 0.25) is 5.60 Å². The topological polar surface area (TPSA) is 91.3 Å². The molecule has 1 fully saturated rings. The molecular weight excluding hydrogens is 561 g/mol. The standard InChI is InChI=1S/C30H29F3O7S/c1-2-25-26(37-18-22-12-6-3-7-13-22)27(38-19-23-14-8-4-9-15-23)28(39-20-24-16-10-5-11-17-24)29(40-25,30(31,32)33)21-41(34,35)36/h1,3-17,25-28H,18-21H2,(H,34,35,36)/t25-,26-,27-,28-,29-/m1/s1. The minimum absolute atomic E-state index is 0.0546. The highest BCUT2D eigenvalue weighted by atomic mass is 32.2. The summed E-state index contributed by atoms with van der Waals surface area (Å²) in [6.07, 6.45) is -6.42. The summed E-state index contributed by atoms with van der Waals surface area (Å²) >= 11 is 0. The fourth-order valence-corrected chi connectivity index (χ4v) is 5.62. The fraction of sp³-hybridized carbons (Fsp3) is 0.333. The lowest BCUT2D eigenvalue weighted by molar-refractivity contribution is -0.365. The van der Waals surface area contributed by atoms with E-state index in [0.29, 0.717) is 16.7 Å². The van der Waals surface area contributed by atoms with Crippen LogP contribution in [-0.2, 0) is 48.9 Å². The zero-order chi connectivity index (χ0) is 29.5. The lowest BCUT2D eigenvalue weighted by Gasteiger charge is -2.51. The third kappa shape index (κ3) is 7.74. The van der Waals surface area contributed by atoms with E-state index >= 15 is 0 Å². The van der Waals surface area contributed by atoms with Gasteiger partial charge in [-0.3, -0.25) is 4.55 Å². The lowest BCUT2D eigenvalue weighted by atomic mass is 9.84. The number of halogens is 3. The van der Waals surface area contributed by atoms with Gasteiger partial charge in [0, 0.05) is 0 Å². The quantitative estimate of drug-likeness (QED) is 0.249. The van der Waals surface area contributed by atoms with Crippen LogP contribution in [-0.4, -0.2) is 54.9 Å². The van der Waals surface area contributed by atoms with Gasteiger partial charge in [-0.05, 0) is 16.7 Å². The maximum absolute atomic E-state index is 15.0. The molecule has 3 aromatic rings. The van der Waals surface area contributed by atoms with Gasteiger partial charge in [-0.15, -0.1) is 6.42 Å². The molecule has 0 spiro atoms. The van der Waals surface area contributed by atoms with Crippen LogP contribution in [0.4, 0.5) is 13.2 Å². The van der Waals surface area contributed by atoms with Crippen LogP contribution in [0.15, 0.2) is 91.0 Å². The normalized spacial score (nSPS) is 25.0. The Bertz CT molecular complexity index is 1400. The highest BCUT2D eigenvalue weighted by molar-refractivity contribution is 7.85. The molecule has 1 aliphatic rings. The first-order chi connectivity index (χ1) is 19.5. The lowest BCUT2D eigenvalue weighted by Crippen LogP contribution is -2.73. The van der Waals surface area contributed by atoms with Gasteiger partial charge < -0.3 is 18.9 Å². The smallest absolute Gasteiger partial charge is 0.368 e. The van der Waals surface area contributed by atoms with Crippen molar-refractivity contribution in [2.75, 3.05) is 5.75 Å². The maximum Gasteiger partial charge on any atom is 0.421 e. The molecule has 41 heavy (non-hydrogen) atoms. The maximum atomic E-state index is 15.0. The largest absolute Gasteiger partial charge is 0.421 e. The number of hydrogen-bond acceptors (Lipinski definition) is 6. The summed E-state index contributed by atoms with van der Waals surface area (Å²) in [5.41, 5.74) is -1.73. The van der Waals surface area contributed by atoms with Crippen LogP contribution in [0.25, 0.3) is 0 Å². The van der Waals surface area contributed by atoms with Crippen molar-refractivity contribution < 1.29 is 45.1 Å². The van der Waals surface area contributed by atoms with Gasteiger partial charge in [-0.25, -0.2) is 0 Å². The molecule has 0 saturated carbocycles. The Hall–Kier alpha value is -3.24. The predicted octanol–water partition coefficient (Wildman–Crippen LogP) is 4.96. The molecule has 218 valence electrons. The minimum atomic E-state index is -5.36. The molecule has 1 N–H and O–H groups in total. The molecule has 0 amide bonds. The van der Waals surface area contributed by atoms with Crippen molar-refractivity contribution in [2.24, 2.45) is 0 Å². The van der Waals surface area contributed by atoms with Crippen LogP contribution >= 0.6 is 0 Å². The number of benzene rings is 3. The number of alkyl halides is 3. The molecule has 11 heteroatoms. The van der Waals surface area contributed by atoms with Crippen molar-refractivity contribution in [3.63, 3.8) is 0 Å². The first kappa shape index (κ1) is 30.7. The molecule has 0 aliphatic carbocycles. The Morgan fingerprint density at radius 2 is 1.20 bits per heavy atom. The summed E-state index contributed by atoms with van der Waals surface area (Å²) in [7, 11) is -5.27. The van der Waals surface area contributed by atoms with Gasteiger partial charge in [0.05, 0.1) is 19.8 Å². The molecule has 0 unspecified atom stereocenters. The molecule has 1 heterocycles. The highest BCUT2D eigenvalue weighted by Gasteiger charge is 2.70. The predicted molar refractivity (Wildman–Crippen MR) is 144 cm³/mol. The van der Waals surface area contributed by atoms with E-state index < -0.39 is 52.1 Å². The zero-order valence-electron chi connectivity index (χ0n) is 21.8. The summed E-state index contributed by atoms with van der Waals surface area (Å²) in [6, 6.07) is 25.9. The van der Waals surface area contributed by atoms with E-state index in [1.807, 2.05) is 0 Å². The number of rotatable bonds is 11. The Labute approximate surface area is 236 Å². The molecule has 1 aliphatic heterocycles. The van der Waals surface area contributed by atoms with E-state index in [-0.39, 0.29) is 19.8 Å². The van der Waals surface area contributed by atoms with E-state index in [1.165, 1.54) is 0 Å². The molecular formula is C30H29F3O7S. The van der Waals surface area contributed by atoms with E-state index in [9.17, 15) is 26.1 Å². The summed E-state index contributed by atoms with van der Waals surface area (Å²) < 4.78 is 102. The van der Waals surface area contributed by atoms with Crippen molar-refractivity contribution >= 4 is 10.1 Å². The summed E-state index contributed by atoms with van der Waals surface area (Å²) in [4.78, 5) is 0. The average molecular weight is 591 g/mol. The summed E-state index contributed by atoms with van der Waals surface area (Å²) in [6.45, 7) is -0.574. The first-order valence-electron chi connectivity index (χ1n) is 12.6. The van der Waals surface area contributed by atoms with Crippen LogP contribution in [0, 0.1) is 12.3 Å². The Morgan fingerprint density at radius 3 is 1.59 bits per heavy atom. The monoisotopic (exact) mass is 590 g/mol. The van der Waals surface area contributed by atoms with Crippen molar-refractivity contribution in [3.05, 3.63) is 108 Å². The third-order valence-electron chi connectivity index (χ3n) is 6.60. The van der Waals surface area contributed by atoms with Gasteiger partial charge in [-0.1, -0.05) is 96.9 Å². The van der Waals surface area contributed by atoms with Crippen LogP contribution in [0.2, 0.25) is 0 Å². The van der Waals surface area contributed by atoms with Gasteiger partial charge in [-0.2, -0.15) is 21.6 Å². The molecule has 0 aromatic heterocycles. The molecule has 0 radical (unpaired) electrons. The van der Waals surface area contributed by atoms with Crippen molar-refractivity contribution in [3.8, 4) is 12.3 Å². The van der Waals surface area contributed by atoms with E-state index in [0.717, 1.165) is 0 Å². The van der Waals surface area contributed by atoms with Gasteiger partial charge >= 0.3 is 6.18 Å². The Morgan fingerprint density at radius 1 is 0.780 bits per heavy atom. The average Bonchev–Trinajstić information content (AvgIpc) is 2.94. The molecule has 4 rings (SSSR count). The second-order valence-corrected chi connectivity index (χ2v) is 11.0. The van der Waals surface area contributed by atoms with Crippen LogP contribution in [0.5, 0.6) is 0 Å². The molecule has 0 bridgehead atoms. The molecule has 5 atom stereocenters. The van der Waals surface area contributed by atoms with Crippen molar-refractivity contribution in [2.45, 2.75) is 56.0 Å². The number of terminal acetylenes is 1. The molecule has 7 nitrogen and oxygen atoms in total. The van der Waals surface area contributed by atoms with E-state index in [2.05, 4.69) is 5.92 Å². The second kappa shape index (κ2) is 13.2. The third-order valence-corrected chi connectivity index (χ3v) is 7.39. The number of ether oxygens (including phenoxy) is 4. The number of hydrogen-bond donors (Lipinski definition) is 1. The SMILES string of the molecule is C#C[C@H]1O[C@@](CS(=O)(=O)O)(C(F)(F)F)[C@H](OCc2ccccc2)[C@H](OCc2ccccc2)[C@@H]1OCc1ccccc1. The van der Waals surface area contributed by atoms with Crippen LogP contribution in [0.1, 0.15) is 16.7 Å². The molecule has 3 aromatic carbocycles. The van der Waals surface area contributed by atoms with Gasteiger partial charge in [0.25, 0.3) is 10.1 Å². The summed E-state index contributed by atoms with van der Waals surface area (Å²) in [5, 5.41) is 0. The van der Waals surface area contributed by atoms with Crippen LogP contribution < -0.4 is 0 Å². The van der Waals surface area contributed by atoms with Crippen molar-refractivity contribution in [1.82, 2.24) is 0 Å². The second-order valence-electron chi connectivity index (χ2n) is 9.56. The molecule has 1 saturated heterocycles. The zero-order valence-corrected chi connectivity index (χ0v) is 22.6. The van der Waals surface area contributed by atoms with Gasteiger partial charge in [0.15, 0.2) is 0 Å². The highest BCUT2D eigenvalue weighted by Crippen LogP contribution is 2.46. The fourth-order valence-electron chi connectivity index (χ4n) is 4.68. The van der Waals surface area contributed by atoms with E-state index in [1.54, 1.807) is 91.0 Å². The van der Waals surface area contributed by atoms with E-state index in [4.69, 9.17) is 25.4 Å². The minimum Gasteiger partial charge on any atom is -0.368 e.